The van der Waals surface area contributed by atoms with Crippen molar-refractivity contribution in [1.29, 1.82) is 0 Å². The lowest BCUT2D eigenvalue weighted by Gasteiger charge is -2.20. The Labute approximate surface area is 111 Å². The number of unbranched alkanes of at least 4 members (excludes halogenated alkanes) is 1. The van der Waals surface area contributed by atoms with Gasteiger partial charge in [-0.25, -0.2) is 0 Å². The van der Waals surface area contributed by atoms with Gasteiger partial charge < -0.3 is 14.5 Å². The van der Waals surface area contributed by atoms with E-state index in [-0.39, 0.29) is 5.54 Å². The maximum absolute atomic E-state index is 5.70. The van der Waals surface area contributed by atoms with Crippen LogP contribution in [-0.4, -0.2) is 12.1 Å². The van der Waals surface area contributed by atoms with E-state index in [0.29, 0.717) is 6.61 Å². The van der Waals surface area contributed by atoms with Crippen molar-refractivity contribution in [3.05, 3.63) is 23.2 Å². The summed E-state index contributed by atoms with van der Waals surface area (Å²) >= 11 is 0. The van der Waals surface area contributed by atoms with Crippen molar-refractivity contribution < 1.29 is 9.15 Å². The summed E-state index contributed by atoms with van der Waals surface area (Å²) in [5.74, 6) is 1.91. The van der Waals surface area contributed by atoms with Gasteiger partial charge in [-0.05, 0) is 40.2 Å². The van der Waals surface area contributed by atoms with Gasteiger partial charge in [-0.1, -0.05) is 13.3 Å². The minimum atomic E-state index is 0.126. The Morgan fingerprint density at radius 1 is 1.33 bits per heavy atom. The number of furan rings is 1. The highest BCUT2D eigenvalue weighted by Crippen LogP contribution is 2.16. The van der Waals surface area contributed by atoms with E-state index in [2.05, 4.69) is 39.1 Å². The molecule has 1 aromatic heterocycles. The van der Waals surface area contributed by atoms with Gasteiger partial charge in [-0.2, -0.15) is 0 Å². The molecule has 1 aromatic rings. The third-order valence-corrected chi connectivity index (χ3v) is 2.77. The van der Waals surface area contributed by atoms with Crippen molar-refractivity contribution in [3.63, 3.8) is 0 Å². The molecule has 3 nitrogen and oxygen atoms in total. The maximum atomic E-state index is 5.70. The molecular weight excluding hydrogens is 226 g/mol. The molecule has 0 fully saturated rings. The summed E-state index contributed by atoms with van der Waals surface area (Å²) in [6, 6.07) is 2.10. The van der Waals surface area contributed by atoms with Crippen LogP contribution in [0, 0.1) is 6.92 Å². The fraction of sp³-hybridized carbons (Fsp3) is 0.733. The van der Waals surface area contributed by atoms with E-state index in [1.807, 2.05) is 6.92 Å². The third-order valence-electron chi connectivity index (χ3n) is 2.77. The van der Waals surface area contributed by atoms with Crippen molar-refractivity contribution in [2.24, 2.45) is 0 Å². The zero-order valence-electron chi connectivity index (χ0n) is 12.4. The monoisotopic (exact) mass is 253 g/mol. The molecule has 0 unspecified atom stereocenters. The summed E-state index contributed by atoms with van der Waals surface area (Å²) in [5, 5.41) is 3.47. The molecule has 1 N–H and O–H groups in total. The van der Waals surface area contributed by atoms with Gasteiger partial charge >= 0.3 is 0 Å². The highest BCUT2D eigenvalue weighted by molar-refractivity contribution is 5.20. The lowest BCUT2D eigenvalue weighted by atomic mass is 10.1. The van der Waals surface area contributed by atoms with Crippen molar-refractivity contribution in [1.82, 2.24) is 5.32 Å². The molecule has 0 aliphatic rings. The van der Waals surface area contributed by atoms with Crippen LogP contribution in [-0.2, 0) is 17.9 Å². The molecule has 1 heterocycles. The van der Waals surface area contributed by atoms with Gasteiger partial charge in [0.25, 0.3) is 0 Å². The summed E-state index contributed by atoms with van der Waals surface area (Å²) in [6.07, 6.45) is 2.27. The van der Waals surface area contributed by atoms with Crippen LogP contribution in [0.15, 0.2) is 10.5 Å². The number of ether oxygens (including phenoxy) is 1. The minimum absolute atomic E-state index is 0.126. The molecule has 18 heavy (non-hydrogen) atoms. The Morgan fingerprint density at radius 2 is 2.06 bits per heavy atom. The Hall–Kier alpha value is -0.800. The summed E-state index contributed by atoms with van der Waals surface area (Å²) < 4.78 is 11.3. The minimum Gasteiger partial charge on any atom is -0.464 e. The third kappa shape index (κ3) is 5.69. The lowest BCUT2D eigenvalue weighted by molar-refractivity contribution is 0.103. The second kappa shape index (κ2) is 6.95. The van der Waals surface area contributed by atoms with E-state index >= 15 is 0 Å². The second-order valence-electron chi connectivity index (χ2n) is 5.80. The van der Waals surface area contributed by atoms with Gasteiger partial charge in [0.15, 0.2) is 0 Å². The molecule has 104 valence electrons. The van der Waals surface area contributed by atoms with Gasteiger partial charge in [0.05, 0.1) is 0 Å². The Morgan fingerprint density at radius 3 is 2.67 bits per heavy atom. The number of hydrogen-bond donors (Lipinski definition) is 1. The summed E-state index contributed by atoms with van der Waals surface area (Å²) in [7, 11) is 0. The Kier molecular flexibility index (Phi) is 5.89. The number of nitrogens with one attached hydrogen (secondary N) is 1. The number of hydrogen-bond acceptors (Lipinski definition) is 3. The average Bonchev–Trinajstić information content (AvgIpc) is 2.62. The van der Waals surface area contributed by atoms with Crippen LogP contribution in [0.3, 0.4) is 0 Å². The summed E-state index contributed by atoms with van der Waals surface area (Å²) in [6.45, 7) is 12.9. The van der Waals surface area contributed by atoms with Gasteiger partial charge in [-0.15, -0.1) is 0 Å². The summed E-state index contributed by atoms with van der Waals surface area (Å²) in [4.78, 5) is 0. The first kappa shape index (κ1) is 15.3. The predicted molar refractivity (Wildman–Crippen MR) is 74.6 cm³/mol. The molecule has 0 saturated heterocycles. The molecule has 0 aliphatic heterocycles. The topological polar surface area (TPSA) is 34.4 Å². The molecule has 0 saturated carbocycles. The van der Waals surface area contributed by atoms with Gasteiger partial charge in [-0.3, -0.25) is 0 Å². The number of aryl methyl sites for hydroxylation is 1. The van der Waals surface area contributed by atoms with Crippen molar-refractivity contribution >= 4 is 0 Å². The van der Waals surface area contributed by atoms with Crippen molar-refractivity contribution in [2.75, 3.05) is 6.61 Å². The SMILES string of the molecule is CCCCOCc1cc(CNC(C)(C)C)c(C)o1. The quantitative estimate of drug-likeness (QED) is 0.751. The molecule has 0 atom stereocenters. The largest absolute Gasteiger partial charge is 0.464 e. The predicted octanol–water partition coefficient (Wildman–Crippen LogP) is 3.79. The van der Waals surface area contributed by atoms with Crippen LogP contribution < -0.4 is 5.32 Å². The molecule has 0 amide bonds. The van der Waals surface area contributed by atoms with Gasteiger partial charge in [0, 0.05) is 24.3 Å². The Bertz CT molecular complexity index is 350. The maximum Gasteiger partial charge on any atom is 0.130 e. The standard InChI is InChI=1S/C15H27NO2/c1-6-7-8-17-11-14-9-13(12(2)18-14)10-16-15(3,4)5/h9,16H,6-8,10-11H2,1-5H3. The number of rotatable bonds is 7. The molecule has 0 bridgehead atoms. The fourth-order valence-electron chi connectivity index (χ4n) is 1.61. The molecule has 0 aliphatic carbocycles. The lowest BCUT2D eigenvalue weighted by Crippen LogP contribution is -2.35. The molecule has 0 spiro atoms. The van der Waals surface area contributed by atoms with E-state index in [1.54, 1.807) is 0 Å². The van der Waals surface area contributed by atoms with Gasteiger partial charge in [0.2, 0.25) is 0 Å². The molecule has 1 rings (SSSR count). The van der Waals surface area contributed by atoms with Crippen molar-refractivity contribution in [3.8, 4) is 0 Å². The van der Waals surface area contributed by atoms with E-state index < -0.39 is 0 Å². The second-order valence-corrected chi connectivity index (χ2v) is 5.80. The van der Waals surface area contributed by atoms with Crippen LogP contribution >= 0.6 is 0 Å². The molecule has 0 aromatic carbocycles. The van der Waals surface area contributed by atoms with Crippen LogP contribution in [0.5, 0.6) is 0 Å². The van der Waals surface area contributed by atoms with E-state index in [0.717, 1.165) is 37.5 Å². The first-order valence-electron chi connectivity index (χ1n) is 6.83. The average molecular weight is 253 g/mol. The first-order valence-corrected chi connectivity index (χ1v) is 6.83. The van der Waals surface area contributed by atoms with Crippen LogP contribution in [0.4, 0.5) is 0 Å². The highest BCUT2D eigenvalue weighted by Gasteiger charge is 2.12. The molecule has 3 heteroatoms. The first-order chi connectivity index (χ1) is 8.42. The summed E-state index contributed by atoms with van der Waals surface area (Å²) in [5.41, 5.74) is 1.35. The molecule has 0 radical (unpaired) electrons. The van der Waals surface area contributed by atoms with E-state index in [4.69, 9.17) is 9.15 Å². The fourth-order valence-corrected chi connectivity index (χ4v) is 1.61. The highest BCUT2D eigenvalue weighted by atomic mass is 16.5. The van der Waals surface area contributed by atoms with Crippen LogP contribution in [0.1, 0.15) is 57.6 Å². The molecular formula is C15H27NO2. The zero-order valence-corrected chi connectivity index (χ0v) is 12.4. The normalized spacial score (nSPS) is 12.1. The van der Waals surface area contributed by atoms with E-state index in [1.165, 1.54) is 5.56 Å². The van der Waals surface area contributed by atoms with Crippen LogP contribution in [0.2, 0.25) is 0 Å². The smallest absolute Gasteiger partial charge is 0.130 e. The van der Waals surface area contributed by atoms with Gasteiger partial charge in [0.1, 0.15) is 18.1 Å². The Balaban J connectivity index is 2.43. The zero-order chi connectivity index (χ0) is 13.6. The van der Waals surface area contributed by atoms with Crippen LogP contribution in [0.25, 0.3) is 0 Å². The van der Waals surface area contributed by atoms with Crippen molar-refractivity contribution in [2.45, 2.75) is 66.2 Å². The van der Waals surface area contributed by atoms with E-state index in [9.17, 15) is 0 Å².